The minimum Gasteiger partial charge on any atom is -0.301 e. The lowest BCUT2D eigenvalue weighted by Gasteiger charge is -2.01. The Bertz CT molecular complexity index is 466. The van der Waals surface area contributed by atoms with Gasteiger partial charge in [-0.1, -0.05) is 30.9 Å². The van der Waals surface area contributed by atoms with Crippen molar-refractivity contribution in [3.05, 3.63) is 40.3 Å². The summed E-state index contributed by atoms with van der Waals surface area (Å²) in [7, 11) is 0. The summed E-state index contributed by atoms with van der Waals surface area (Å²) in [6.45, 7) is 3.91. The molecule has 0 bridgehead atoms. The van der Waals surface area contributed by atoms with Crippen molar-refractivity contribution < 1.29 is 0 Å². The lowest BCUT2D eigenvalue weighted by atomic mass is 10.0. The molecule has 0 aliphatic heterocycles. The van der Waals surface area contributed by atoms with Gasteiger partial charge >= 0.3 is 0 Å². The highest BCUT2D eigenvalue weighted by Gasteiger charge is 1.97. The molecule has 12 heavy (non-hydrogen) atoms. The van der Waals surface area contributed by atoms with Crippen LogP contribution < -0.4 is 10.4 Å². The van der Waals surface area contributed by atoms with Crippen molar-refractivity contribution in [3.63, 3.8) is 0 Å². The molecule has 0 amide bonds. The molecule has 1 aliphatic rings. The van der Waals surface area contributed by atoms with Crippen LogP contribution in [0.5, 0.6) is 0 Å². The monoisotopic (exact) mass is 155 g/mol. The smallest absolute Gasteiger partial charge is 0.0546 e. The highest BCUT2D eigenvalue weighted by molar-refractivity contribution is 6.18. The third-order valence-corrected chi connectivity index (χ3v) is 1.97. The number of fused-ring (bicyclic) bond motifs is 1. The van der Waals surface area contributed by atoms with E-state index in [2.05, 4.69) is 6.58 Å². The van der Waals surface area contributed by atoms with Gasteiger partial charge in [-0.3, -0.25) is 0 Å². The Labute approximate surface area is 70.9 Å². The number of allylic oxidation sites excluding steroid dienone is 1. The lowest BCUT2D eigenvalue weighted by molar-refractivity contribution is 1.47. The maximum Gasteiger partial charge on any atom is 0.0546 e. The molecule has 0 heterocycles. The van der Waals surface area contributed by atoms with Crippen molar-refractivity contribution >= 4 is 24.4 Å². The van der Waals surface area contributed by atoms with E-state index in [-0.39, 0.29) is 0 Å². The molecule has 1 N–H and O–H groups in total. The van der Waals surface area contributed by atoms with Gasteiger partial charge in [0.25, 0.3) is 0 Å². The van der Waals surface area contributed by atoms with Crippen molar-refractivity contribution in [3.8, 4) is 0 Å². The van der Waals surface area contributed by atoms with E-state index in [4.69, 9.17) is 5.41 Å². The number of nitrogens with one attached hydrogen (secondary N) is 1. The van der Waals surface area contributed by atoms with Crippen LogP contribution in [0.3, 0.4) is 0 Å². The van der Waals surface area contributed by atoms with Gasteiger partial charge in [-0.05, 0) is 28.2 Å². The standard InChI is InChI=1S/C11H9N/c1-8-3-2-4-9-5-6-10(12)7-11(8)9/h2-7,12H,1H2. The minimum absolute atomic E-state index is 0.540. The van der Waals surface area contributed by atoms with Crippen LogP contribution in [0.1, 0.15) is 5.56 Å². The third-order valence-electron chi connectivity index (χ3n) is 1.97. The quantitative estimate of drug-likeness (QED) is 0.576. The van der Waals surface area contributed by atoms with E-state index in [0.717, 1.165) is 16.0 Å². The second-order valence-electron chi connectivity index (χ2n) is 2.85. The Hall–Kier alpha value is -1.63. The SMILES string of the molecule is C=c1cccc2c1=CC(=N)C=C2. The molecular formula is C11H9N. The summed E-state index contributed by atoms with van der Waals surface area (Å²) < 4.78 is 0. The molecule has 0 aromatic heterocycles. The Morgan fingerprint density at radius 1 is 1.17 bits per heavy atom. The van der Waals surface area contributed by atoms with E-state index in [1.165, 1.54) is 0 Å². The summed E-state index contributed by atoms with van der Waals surface area (Å²) in [6.07, 6.45) is 5.59. The van der Waals surface area contributed by atoms with Gasteiger partial charge in [0.2, 0.25) is 0 Å². The summed E-state index contributed by atoms with van der Waals surface area (Å²) in [5, 5.41) is 9.51. The zero-order chi connectivity index (χ0) is 8.55. The fourth-order valence-corrected chi connectivity index (χ4v) is 1.34. The van der Waals surface area contributed by atoms with E-state index < -0.39 is 0 Å². The molecule has 0 saturated carbocycles. The van der Waals surface area contributed by atoms with Crippen molar-refractivity contribution in [2.24, 2.45) is 0 Å². The molecule has 1 aromatic carbocycles. The number of benzene rings is 1. The molecular weight excluding hydrogens is 146 g/mol. The molecule has 0 radical (unpaired) electrons. The summed E-state index contributed by atoms with van der Waals surface area (Å²) >= 11 is 0. The van der Waals surface area contributed by atoms with E-state index in [9.17, 15) is 0 Å². The Morgan fingerprint density at radius 3 is 2.83 bits per heavy atom. The van der Waals surface area contributed by atoms with Crippen LogP contribution in [-0.2, 0) is 0 Å². The molecule has 0 spiro atoms. The van der Waals surface area contributed by atoms with Crippen molar-refractivity contribution in [2.75, 3.05) is 0 Å². The molecule has 1 aromatic rings. The first kappa shape index (κ1) is 7.04. The van der Waals surface area contributed by atoms with E-state index >= 15 is 0 Å². The lowest BCUT2D eigenvalue weighted by Crippen LogP contribution is -2.28. The van der Waals surface area contributed by atoms with Crippen LogP contribution in [0.25, 0.3) is 18.7 Å². The summed E-state index contributed by atoms with van der Waals surface area (Å²) in [6, 6.07) is 5.97. The molecule has 2 rings (SSSR count). The molecule has 0 fully saturated rings. The van der Waals surface area contributed by atoms with Crippen LogP contribution in [0.4, 0.5) is 0 Å². The predicted molar refractivity (Wildman–Crippen MR) is 52.4 cm³/mol. The molecule has 1 heteroatoms. The van der Waals surface area contributed by atoms with Crippen molar-refractivity contribution in [1.29, 1.82) is 5.41 Å². The zero-order valence-electron chi connectivity index (χ0n) is 6.67. The molecule has 1 nitrogen and oxygen atoms in total. The highest BCUT2D eigenvalue weighted by atomic mass is 14.4. The average molecular weight is 155 g/mol. The number of hydrogen-bond acceptors (Lipinski definition) is 1. The first-order chi connectivity index (χ1) is 5.77. The molecule has 1 aliphatic carbocycles. The van der Waals surface area contributed by atoms with Crippen LogP contribution >= 0.6 is 0 Å². The zero-order valence-corrected chi connectivity index (χ0v) is 6.67. The summed E-state index contributed by atoms with van der Waals surface area (Å²) in [5.74, 6) is 0. The van der Waals surface area contributed by atoms with Gasteiger partial charge in [0.1, 0.15) is 0 Å². The molecule has 0 unspecified atom stereocenters. The van der Waals surface area contributed by atoms with E-state index in [1.807, 2.05) is 30.4 Å². The topological polar surface area (TPSA) is 23.9 Å². The van der Waals surface area contributed by atoms with Gasteiger partial charge < -0.3 is 5.41 Å². The number of hydrogen-bond donors (Lipinski definition) is 1. The molecule has 58 valence electrons. The summed E-state index contributed by atoms with van der Waals surface area (Å²) in [5.41, 5.74) is 1.69. The summed E-state index contributed by atoms with van der Waals surface area (Å²) in [4.78, 5) is 0. The number of rotatable bonds is 0. The fraction of sp³-hybridized carbons (Fsp3) is 0. The Morgan fingerprint density at radius 2 is 2.00 bits per heavy atom. The second-order valence-corrected chi connectivity index (χ2v) is 2.85. The van der Waals surface area contributed by atoms with Crippen LogP contribution in [0, 0.1) is 5.41 Å². The van der Waals surface area contributed by atoms with E-state index in [0.29, 0.717) is 5.71 Å². The van der Waals surface area contributed by atoms with Gasteiger partial charge in [-0.2, -0.15) is 0 Å². The largest absolute Gasteiger partial charge is 0.301 e. The minimum atomic E-state index is 0.540. The van der Waals surface area contributed by atoms with Gasteiger partial charge in [-0.25, -0.2) is 0 Å². The van der Waals surface area contributed by atoms with Crippen molar-refractivity contribution in [2.45, 2.75) is 0 Å². The first-order valence-electron chi connectivity index (χ1n) is 3.84. The fourth-order valence-electron chi connectivity index (χ4n) is 1.34. The maximum atomic E-state index is 7.45. The molecule has 0 atom stereocenters. The average Bonchev–Trinajstić information content (AvgIpc) is 2.07. The predicted octanol–water partition coefficient (Wildman–Crippen LogP) is 0.924. The second kappa shape index (κ2) is 2.45. The Kier molecular flexibility index (Phi) is 1.44. The molecule has 0 saturated heterocycles. The van der Waals surface area contributed by atoms with Gasteiger partial charge in [0.15, 0.2) is 0 Å². The normalized spacial score (nSPS) is 13.8. The van der Waals surface area contributed by atoms with Crippen LogP contribution in [0.15, 0.2) is 24.3 Å². The first-order valence-corrected chi connectivity index (χ1v) is 3.84. The third kappa shape index (κ3) is 0.996. The maximum absolute atomic E-state index is 7.45. The van der Waals surface area contributed by atoms with Crippen LogP contribution in [-0.4, -0.2) is 5.71 Å². The Balaban J connectivity index is 2.91. The van der Waals surface area contributed by atoms with Crippen molar-refractivity contribution in [1.82, 2.24) is 0 Å². The van der Waals surface area contributed by atoms with Gasteiger partial charge in [-0.15, -0.1) is 0 Å². The highest BCUT2D eigenvalue weighted by Crippen LogP contribution is 1.98. The van der Waals surface area contributed by atoms with Crippen LogP contribution in [0.2, 0.25) is 0 Å². The van der Waals surface area contributed by atoms with Gasteiger partial charge in [0, 0.05) is 0 Å². The van der Waals surface area contributed by atoms with Gasteiger partial charge in [0.05, 0.1) is 5.71 Å². The van der Waals surface area contributed by atoms with E-state index in [1.54, 1.807) is 6.08 Å².